The standard InChI is InChI=1S/C12H10IN5O2/c1-6-9(11(19)20)10(7-4-2-3-5-8(7)13)18-12(14-6)15-16-17-18/h2-5,9-10H,1H3,(H,19,20). The second-order valence-electron chi connectivity index (χ2n) is 4.46. The van der Waals surface area contributed by atoms with Crippen molar-refractivity contribution in [2.75, 3.05) is 0 Å². The van der Waals surface area contributed by atoms with Gasteiger partial charge in [-0.05, 0) is 51.6 Å². The number of hydrogen-bond acceptors (Lipinski definition) is 5. The van der Waals surface area contributed by atoms with Gasteiger partial charge in [-0.2, -0.15) is 0 Å². The number of tetrazole rings is 1. The predicted octanol–water partition coefficient (Wildman–Crippen LogP) is 1.67. The van der Waals surface area contributed by atoms with Gasteiger partial charge in [0.25, 0.3) is 5.95 Å². The Kier molecular flexibility index (Phi) is 3.24. The van der Waals surface area contributed by atoms with Crippen molar-refractivity contribution in [3.8, 4) is 0 Å². The molecule has 1 aromatic carbocycles. The number of rotatable bonds is 2. The molecular formula is C12H10IN5O2. The third-order valence-electron chi connectivity index (χ3n) is 3.27. The van der Waals surface area contributed by atoms with E-state index in [2.05, 4.69) is 43.1 Å². The Balaban J connectivity index is 2.23. The van der Waals surface area contributed by atoms with Crippen LogP contribution in [0.2, 0.25) is 0 Å². The predicted molar refractivity (Wildman–Crippen MR) is 79.0 cm³/mol. The van der Waals surface area contributed by atoms with Gasteiger partial charge in [0.05, 0.1) is 0 Å². The smallest absolute Gasteiger partial charge is 0.314 e. The highest BCUT2D eigenvalue weighted by atomic mass is 127. The van der Waals surface area contributed by atoms with E-state index in [0.717, 1.165) is 9.13 Å². The van der Waals surface area contributed by atoms with Crippen molar-refractivity contribution in [1.82, 2.24) is 20.2 Å². The number of aliphatic imine (C=N–C) groups is 1. The maximum Gasteiger partial charge on any atom is 0.314 e. The quantitative estimate of drug-likeness (QED) is 0.797. The lowest BCUT2D eigenvalue weighted by molar-refractivity contribution is -0.140. The Morgan fingerprint density at radius 3 is 2.85 bits per heavy atom. The van der Waals surface area contributed by atoms with E-state index in [-0.39, 0.29) is 0 Å². The SMILES string of the molecule is CC1=Nc2nnnn2C(c2ccccc2I)C1C(=O)O. The second kappa shape index (κ2) is 4.93. The van der Waals surface area contributed by atoms with E-state index in [9.17, 15) is 9.90 Å². The molecule has 1 N–H and O–H groups in total. The van der Waals surface area contributed by atoms with Crippen molar-refractivity contribution in [3.63, 3.8) is 0 Å². The zero-order valence-electron chi connectivity index (χ0n) is 10.4. The lowest BCUT2D eigenvalue weighted by Gasteiger charge is -2.28. The monoisotopic (exact) mass is 383 g/mol. The van der Waals surface area contributed by atoms with Gasteiger partial charge in [-0.25, -0.2) is 9.67 Å². The Bertz CT molecular complexity index is 711. The number of fused-ring (bicyclic) bond motifs is 1. The van der Waals surface area contributed by atoms with Gasteiger partial charge >= 0.3 is 5.97 Å². The lowest BCUT2D eigenvalue weighted by Crippen LogP contribution is -2.36. The van der Waals surface area contributed by atoms with Crippen LogP contribution < -0.4 is 0 Å². The second-order valence-corrected chi connectivity index (χ2v) is 5.62. The topological polar surface area (TPSA) is 93.3 Å². The summed E-state index contributed by atoms with van der Waals surface area (Å²) in [6.45, 7) is 1.69. The molecule has 1 aliphatic rings. The van der Waals surface area contributed by atoms with E-state index in [0.29, 0.717) is 11.7 Å². The molecule has 0 saturated heterocycles. The van der Waals surface area contributed by atoms with Crippen LogP contribution in [0, 0.1) is 9.49 Å². The van der Waals surface area contributed by atoms with Crippen LogP contribution in [-0.2, 0) is 4.79 Å². The van der Waals surface area contributed by atoms with Crippen LogP contribution in [-0.4, -0.2) is 37.0 Å². The van der Waals surface area contributed by atoms with Gasteiger partial charge in [-0.3, -0.25) is 4.79 Å². The molecule has 0 fully saturated rings. The van der Waals surface area contributed by atoms with Gasteiger partial charge < -0.3 is 5.11 Å². The van der Waals surface area contributed by atoms with E-state index in [1.807, 2.05) is 24.3 Å². The number of hydrogen-bond donors (Lipinski definition) is 1. The highest BCUT2D eigenvalue weighted by Gasteiger charge is 2.39. The summed E-state index contributed by atoms with van der Waals surface area (Å²) in [6, 6.07) is 7.13. The first-order valence-electron chi connectivity index (χ1n) is 5.90. The summed E-state index contributed by atoms with van der Waals surface area (Å²) in [5.74, 6) is -1.37. The van der Waals surface area contributed by atoms with Gasteiger partial charge in [-0.1, -0.05) is 23.3 Å². The third kappa shape index (κ3) is 1.99. The molecule has 2 heterocycles. The average Bonchev–Trinajstić information content (AvgIpc) is 2.85. The van der Waals surface area contributed by atoms with Crippen LogP contribution in [0.15, 0.2) is 29.3 Å². The summed E-state index contributed by atoms with van der Waals surface area (Å²) in [7, 11) is 0. The van der Waals surface area contributed by atoms with Gasteiger partial charge in [0.2, 0.25) is 0 Å². The number of nitrogens with zero attached hydrogens (tertiary/aromatic N) is 5. The van der Waals surface area contributed by atoms with Crippen LogP contribution in [0.4, 0.5) is 5.95 Å². The van der Waals surface area contributed by atoms with Crippen LogP contribution in [0.1, 0.15) is 18.5 Å². The normalized spacial score (nSPS) is 21.2. The van der Waals surface area contributed by atoms with Crippen molar-refractivity contribution in [3.05, 3.63) is 33.4 Å². The fourth-order valence-electron chi connectivity index (χ4n) is 2.38. The van der Waals surface area contributed by atoms with Crippen molar-refractivity contribution < 1.29 is 9.90 Å². The Morgan fingerprint density at radius 1 is 1.40 bits per heavy atom. The van der Waals surface area contributed by atoms with Crippen molar-refractivity contribution in [1.29, 1.82) is 0 Å². The van der Waals surface area contributed by atoms with Crippen LogP contribution >= 0.6 is 22.6 Å². The highest BCUT2D eigenvalue weighted by molar-refractivity contribution is 14.1. The number of carbonyl (C=O) groups is 1. The largest absolute Gasteiger partial charge is 0.481 e. The van der Waals surface area contributed by atoms with Gasteiger partial charge in [0, 0.05) is 9.28 Å². The average molecular weight is 383 g/mol. The molecule has 2 aromatic rings. The summed E-state index contributed by atoms with van der Waals surface area (Å²) < 4.78 is 2.45. The van der Waals surface area contributed by atoms with Crippen molar-refractivity contribution in [2.24, 2.45) is 10.9 Å². The first kappa shape index (κ1) is 13.2. The lowest BCUT2D eigenvalue weighted by atomic mass is 9.88. The summed E-state index contributed by atoms with van der Waals surface area (Å²) in [6.07, 6.45) is 0. The maximum absolute atomic E-state index is 11.6. The highest BCUT2D eigenvalue weighted by Crippen LogP contribution is 2.36. The molecule has 1 aromatic heterocycles. The van der Waals surface area contributed by atoms with Gasteiger partial charge in [-0.15, -0.1) is 0 Å². The molecule has 0 saturated carbocycles. The molecule has 0 bridgehead atoms. The number of carboxylic acids is 1. The molecule has 0 amide bonds. The molecule has 1 aliphatic heterocycles. The molecular weight excluding hydrogens is 373 g/mol. The van der Waals surface area contributed by atoms with Gasteiger partial charge in [0.15, 0.2) is 0 Å². The summed E-state index contributed by atoms with van der Waals surface area (Å²) in [4.78, 5) is 15.8. The molecule has 0 aliphatic carbocycles. The molecule has 20 heavy (non-hydrogen) atoms. The Morgan fingerprint density at radius 2 is 2.15 bits per heavy atom. The van der Waals surface area contributed by atoms with E-state index in [1.165, 1.54) is 4.68 Å². The van der Waals surface area contributed by atoms with Crippen LogP contribution in [0.3, 0.4) is 0 Å². The number of carboxylic acid groups (broad SMARTS) is 1. The van der Waals surface area contributed by atoms with E-state index < -0.39 is 17.9 Å². The van der Waals surface area contributed by atoms with E-state index >= 15 is 0 Å². The summed E-state index contributed by atoms with van der Waals surface area (Å²) in [5.41, 5.74) is 1.38. The van der Waals surface area contributed by atoms with Crippen LogP contribution in [0.5, 0.6) is 0 Å². The maximum atomic E-state index is 11.6. The molecule has 102 valence electrons. The number of aliphatic carboxylic acids is 1. The van der Waals surface area contributed by atoms with E-state index in [4.69, 9.17) is 0 Å². The summed E-state index contributed by atoms with van der Waals surface area (Å²) >= 11 is 2.19. The molecule has 7 nitrogen and oxygen atoms in total. The fourth-order valence-corrected chi connectivity index (χ4v) is 3.09. The summed E-state index contributed by atoms with van der Waals surface area (Å²) in [5, 5.41) is 20.9. The zero-order chi connectivity index (χ0) is 14.3. The minimum atomic E-state index is -0.933. The van der Waals surface area contributed by atoms with Crippen LogP contribution in [0.25, 0.3) is 0 Å². The zero-order valence-corrected chi connectivity index (χ0v) is 12.6. The first-order chi connectivity index (χ1) is 9.59. The minimum absolute atomic E-state index is 0.338. The molecule has 8 heteroatoms. The minimum Gasteiger partial charge on any atom is -0.481 e. The molecule has 2 atom stereocenters. The van der Waals surface area contributed by atoms with Crippen molar-refractivity contribution in [2.45, 2.75) is 13.0 Å². The Labute approximate surface area is 127 Å². The Hall–Kier alpha value is -1.84. The third-order valence-corrected chi connectivity index (χ3v) is 4.25. The molecule has 0 radical (unpaired) electrons. The van der Waals surface area contributed by atoms with E-state index in [1.54, 1.807) is 6.92 Å². The number of benzene rings is 1. The van der Waals surface area contributed by atoms with Crippen molar-refractivity contribution >= 4 is 40.2 Å². The number of halogens is 1. The fraction of sp³-hybridized carbons (Fsp3) is 0.250. The molecule has 2 unspecified atom stereocenters. The molecule has 0 spiro atoms. The first-order valence-corrected chi connectivity index (χ1v) is 6.97. The number of aromatic nitrogens is 4. The van der Waals surface area contributed by atoms with Gasteiger partial charge in [0.1, 0.15) is 12.0 Å². The molecule has 3 rings (SSSR count).